The van der Waals surface area contributed by atoms with Gasteiger partial charge in [0.2, 0.25) is 6.54 Å². The van der Waals surface area contributed by atoms with Crippen molar-refractivity contribution in [2.45, 2.75) is 52.5 Å². The van der Waals surface area contributed by atoms with Gasteiger partial charge in [-0.25, -0.2) is 0 Å². The van der Waals surface area contributed by atoms with Crippen molar-refractivity contribution in [3.63, 3.8) is 0 Å². The summed E-state index contributed by atoms with van der Waals surface area (Å²) in [5.74, 6) is -0.0123. The maximum Gasteiger partial charge on any atom is 0.290 e. The lowest BCUT2D eigenvalue weighted by molar-refractivity contribution is -0.684. The lowest BCUT2D eigenvalue weighted by Crippen LogP contribution is -2.39. The van der Waals surface area contributed by atoms with Gasteiger partial charge in [-0.15, -0.1) is 0 Å². The van der Waals surface area contributed by atoms with Gasteiger partial charge in [-0.3, -0.25) is 4.79 Å². The van der Waals surface area contributed by atoms with Crippen molar-refractivity contribution >= 4 is 11.6 Å². The minimum Gasteiger partial charge on any atom is -0.321 e. The first-order chi connectivity index (χ1) is 10.9. The minimum absolute atomic E-state index is 0.0123. The molecule has 0 spiro atoms. The molecule has 1 aromatic heterocycles. The molecule has 1 heterocycles. The fourth-order valence-electron chi connectivity index (χ4n) is 2.47. The number of nitrogens with zero attached hydrogens (tertiary/aromatic N) is 1. The Labute approximate surface area is 139 Å². The first kappa shape index (κ1) is 17.2. The van der Waals surface area contributed by atoms with Gasteiger partial charge in [0.15, 0.2) is 12.4 Å². The van der Waals surface area contributed by atoms with Crippen LogP contribution in [-0.2, 0) is 23.2 Å². The van der Waals surface area contributed by atoms with E-state index in [9.17, 15) is 4.79 Å². The molecule has 0 unspecified atom stereocenters. The molecule has 2 rings (SSSR count). The quantitative estimate of drug-likeness (QED) is 0.836. The summed E-state index contributed by atoms with van der Waals surface area (Å²) < 4.78 is 1.90. The fraction of sp³-hybridized carbons (Fsp3) is 0.400. The van der Waals surface area contributed by atoms with Crippen LogP contribution in [0.3, 0.4) is 0 Å². The van der Waals surface area contributed by atoms with Crippen molar-refractivity contribution in [1.29, 1.82) is 0 Å². The molecule has 0 radical (unpaired) electrons. The monoisotopic (exact) mass is 311 g/mol. The SMILES string of the molecule is CCCc1cc[n+](CC(=O)Nc2ccc(C(C)(C)C)cc2)cc1. The summed E-state index contributed by atoms with van der Waals surface area (Å²) in [6.07, 6.45) is 6.14. The number of amides is 1. The standard InChI is InChI=1S/C20H26N2O/c1-5-6-16-11-13-22(14-12-16)15-19(23)21-18-9-7-17(8-10-18)20(2,3)4/h7-14H,5-6,15H2,1-4H3/p+1. The Kier molecular flexibility index (Phi) is 5.54. The molecule has 1 N–H and O–H groups in total. The van der Waals surface area contributed by atoms with Gasteiger partial charge in [0.1, 0.15) is 0 Å². The Morgan fingerprint density at radius 1 is 1.04 bits per heavy atom. The molecule has 0 bridgehead atoms. The second-order valence-electron chi connectivity index (χ2n) is 7.00. The summed E-state index contributed by atoms with van der Waals surface area (Å²) in [6, 6.07) is 12.2. The van der Waals surface area contributed by atoms with Crippen LogP contribution < -0.4 is 9.88 Å². The van der Waals surface area contributed by atoms with Crippen molar-refractivity contribution < 1.29 is 9.36 Å². The molecule has 0 saturated carbocycles. The molecule has 0 fully saturated rings. The largest absolute Gasteiger partial charge is 0.321 e. The van der Waals surface area contributed by atoms with E-state index in [0.29, 0.717) is 6.54 Å². The molecule has 0 aliphatic heterocycles. The number of rotatable bonds is 5. The molecular formula is C20H27N2O+. The van der Waals surface area contributed by atoms with E-state index in [1.807, 2.05) is 29.1 Å². The molecule has 0 saturated heterocycles. The number of hydrogen-bond acceptors (Lipinski definition) is 1. The summed E-state index contributed by atoms with van der Waals surface area (Å²) in [5, 5.41) is 2.95. The molecule has 1 amide bonds. The third-order valence-electron chi connectivity index (χ3n) is 3.86. The van der Waals surface area contributed by atoms with Crippen molar-refractivity contribution in [1.82, 2.24) is 0 Å². The molecule has 122 valence electrons. The average molecular weight is 311 g/mol. The minimum atomic E-state index is -0.0123. The highest BCUT2D eigenvalue weighted by Crippen LogP contribution is 2.23. The molecule has 3 nitrogen and oxygen atoms in total. The van der Waals surface area contributed by atoms with Crippen LogP contribution in [0.2, 0.25) is 0 Å². The number of carbonyl (C=O) groups is 1. The molecule has 3 heteroatoms. The zero-order valence-electron chi connectivity index (χ0n) is 14.6. The van der Waals surface area contributed by atoms with E-state index < -0.39 is 0 Å². The lowest BCUT2D eigenvalue weighted by Gasteiger charge is -2.19. The van der Waals surface area contributed by atoms with Gasteiger partial charge in [0.25, 0.3) is 5.91 Å². The van der Waals surface area contributed by atoms with Crippen LogP contribution in [0.1, 0.15) is 45.2 Å². The maximum atomic E-state index is 12.1. The number of pyridine rings is 1. The Hall–Kier alpha value is -2.16. The van der Waals surface area contributed by atoms with E-state index in [-0.39, 0.29) is 11.3 Å². The van der Waals surface area contributed by atoms with Gasteiger partial charge in [-0.1, -0.05) is 46.2 Å². The number of hydrogen-bond donors (Lipinski definition) is 1. The van der Waals surface area contributed by atoms with E-state index in [1.54, 1.807) is 0 Å². The normalized spacial score (nSPS) is 11.3. The van der Waals surface area contributed by atoms with Gasteiger partial charge in [-0.05, 0) is 35.1 Å². The fourth-order valence-corrected chi connectivity index (χ4v) is 2.47. The van der Waals surface area contributed by atoms with Gasteiger partial charge in [0.05, 0.1) is 0 Å². The highest BCUT2D eigenvalue weighted by molar-refractivity contribution is 5.89. The third-order valence-corrected chi connectivity index (χ3v) is 3.86. The van der Waals surface area contributed by atoms with Gasteiger partial charge < -0.3 is 5.32 Å². The molecule has 23 heavy (non-hydrogen) atoms. The smallest absolute Gasteiger partial charge is 0.290 e. The van der Waals surface area contributed by atoms with E-state index in [1.165, 1.54) is 11.1 Å². The summed E-state index contributed by atoms with van der Waals surface area (Å²) >= 11 is 0. The molecule has 1 aromatic carbocycles. The van der Waals surface area contributed by atoms with Crippen LogP contribution in [0.4, 0.5) is 5.69 Å². The van der Waals surface area contributed by atoms with Crippen LogP contribution in [0.15, 0.2) is 48.8 Å². The molecule has 0 aliphatic carbocycles. The number of aryl methyl sites for hydroxylation is 1. The predicted molar refractivity (Wildman–Crippen MR) is 94.4 cm³/mol. The highest BCUT2D eigenvalue weighted by Gasteiger charge is 2.14. The van der Waals surface area contributed by atoms with Crippen molar-refractivity contribution in [3.05, 3.63) is 59.9 Å². The van der Waals surface area contributed by atoms with E-state index in [2.05, 4.69) is 57.3 Å². The Morgan fingerprint density at radius 3 is 2.17 bits per heavy atom. The summed E-state index contributed by atoms with van der Waals surface area (Å²) in [6.45, 7) is 9.03. The summed E-state index contributed by atoms with van der Waals surface area (Å²) in [4.78, 5) is 12.1. The van der Waals surface area contributed by atoms with Crippen LogP contribution in [0, 0.1) is 0 Å². The number of carbonyl (C=O) groups excluding carboxylic acids is 1. The zero-order valence-corrected chi connectivity index (χ0v) is 14.6. The molecule has 0 aliphatic rings. The first-order valence-electron chi connectivity index (χ1n) is 8.27. The number of benzene rings is 1. The lowest BCUT2D eigenvalue weighted by atomic mass is 9.87. The first-order valence-corrected chi connectivity index (χ1v) is 8.27. The topological polar surface area (TPSA) is 33.0 Å². The average Bonchev–Trinajstić information content (AvgIpc) is 2.49. The molecule has 2 aromatic rings. The van der Waals surface area contributed by atoms with Gasteiger partial charge in [0, 0.05) is 17.8 Å². The summed E-state index contributed by atoms with van der Waals surface area (Å²) in [5.41, 5.74) is 3.53. The zero-order chi connectivity index (χ0) is 16.9. The Bertz CT molecular complexity index is 637. The maximum absolute atomic E-state index is 12.1. The van der Waals surface area contributed by atoms with E-state index >= 15 is 0 Å². The van der Waals surface area contributed by atoms with Crippen LogP contribution in [0.25, 0.3) is 0 Å². The molecular weight excluding hydrogens is 284 g/mol. The molecule has 0 atom stereocenters. The van der Waals surface area contributed by atoms with E-state index in [0.717, 1.165) is 18.5 Å². The van der Waals surface area contributed by atoms with Crippen molar-refractivity contribution in [2.24, 2.45) is 0 Å². The van der Waals surface area contributed by atoms with Crippen LogP contribution in [0.5, 0.6) is 0 Å². The highest BCUT2D eigenvalue weighted by atomic mass is 16.1. The van der Waals surface area contributed by atoms with Crippen LogP contribution >= 0.6 is 0 Å². The van der Waals surface area contributed by atoms with Gasteiger partial charge >= 0.3 is 0 Å². The predicted octanol–water partition coefficient (Wildman–Crippen LogP) is 3.86. The van der Waals surface area contributed by atoms with Crippen molar-refractivity contribution in [2.75, 3.05) is 5.32 Å². The Balaban J connectivity index is 1.94. The second kappa shape index (κ2) is 7.40. The van der Waals surface area contributed by atoms with E-state index in [4.69, 9.17) is 0 Å². The third kappa shape index (κ3) is 5.20. The number of anilines is 1. The summed E-state index contributed by atoms with van der Waals surface area (Å²) in [7, 11) is 0. The Morgan fingerprint density at radius 2 is 1.65 bits per heavy atom. The number of aromatic nitrogens is 1. The van der Waals surface area contributed by atoms with Crippen molar-refractivity contribution in [3.8, 4) is 0 Å². The van der Waals surface area contributed by atoms with Crippen LogP contribution in [-0.4, -0.2) is 5.91 Å². The van der Waals surface area contributed by atoms with Gasteiger partial charge in [-0.2, -0.15) is 4.57 Å². The second-order valence-corrected chi connectivity index (χ2v) is 7.00. The number of nitrogens with one attached hydrogen (secondary N) is 1.